The van der Waals surface area contributed by atoms with Crippen LogP contribution in [0.25, 0.3) is 0 Å². The van der Waals surface area contributed by atoms with Crippen molar-refractivity contribution in [3.63, 3.8) is 0 Å². The summed E-state index contributed by atoms with van der Waals surface area (Å²) in [5.41, 5.74) is 0. The molecule has 7 nitrogen and oxygen atoms in total. The molecule has 64 heavy (non-hydrogen) atoms. The molecule has 0 aliphatic carbocycles. The smallest absolute Gasteiger partial charge is 0.378 e. The quantitative estimate of drug-likeness (QED) is 0.144. The minimum Gasteiger partial charge on any atom is -0.378 e. The van der Waals surface area contributed by atoms with Gasteiger partial charge in [0.25, 0.3) is 0 Å². The Labute approximate surface area is 325 Å². The molecular formula is C23H11F34NO6. The number of halogens is 34. The number of morpholine rings is 1. The summed E-state index contributed by atoms with van der Waals surface area (Å²) in [5.74, 6) is -61.2. The lowest BCUT2D eigenvalue weighted by Gasteiger charge is -2.45. The largest absolute Gasteiger partial charge is 0.462 e. The molecular weight excluding hydrogens is 1030 g/mol. The summed E-state index contributed by atoms with van der Waals surface area (Å²) >= 11 is 0. The van der Waals surface area contributed by atoms with Gasteiger partial charge in [0.2, 0.25) is 5.91 Å². The van der Waals surface area contributed by atoms with E-state index in [0.717, 1.165) is 9.47 Å². The molecule has 0 saturated carbocycles. The first kappa shape index (κ1) is 58.9. The van der Waals surface area contributed by atoms with E-state index in [0.29, 0.717) is 0 Å². The van der Waals surface area contributed by atoms with Gasteiger partial charge in [0.05, 0.1) is 13.2 Å². The Balaban J connectivity index is 4.39. The maximum atomic E-state index is 15.9. The topological polar surface area (TPSA) is 66.5 Å². The average Bonchev–Trinajstić information content (AvgIpc) is 3.03. The number of rotatable bonds is 16. The molecule has 0 bridgehead atoms. The van der Waals surface area contributed by atoms with Gasteiger partial charge in [-0.3, -0.25) is 23.7 Å². The van der Waals surface area contributed by atoms with Crippen molar-refractivity contribution in [1.82, 2.24) is 4.90 Å². The van der Waals surface area contributed by atoms with Crippen LogP contribution in [0.2, 0.25) is 0 Å². The van der Waals surface area contributed by atoms with Gasteiger partial charge in [-0.25, -0.2) is 8.78 Å². The van der Waals surface area contributed by atoms with Crippen LogP contribution in [0, 0.1) is 5.92 Å². The van der Waals surface area contributed by atoms with Gasteiger partial charge in [0.1, 0.15) is 5.92 Å². The van der Waals surface area contributed by atoms with Gasteiger partial charge in [-0.2, -0.15) is 140 Å². The molecule has 0 aromatic heterocycles. The van der Waals surface area contributed by atoms with E-state index in [1.54, 1.807) is 9.47 Å². The lowest BCUT2D eigenvalue weighted by molar-refractivity contribution is -0.558. The fraction of sp³-hybridized carbons (Fsp3) is 0.957. The average molecular weight is 1040 g/mol. The predicted molar refractivity (Wildman–Crippen MR) is 121 cm³/mol. The maximum absolute atomic E-state index is 15.9. The molecule has 1 heterocycles. The molecule has 41 heteroatoms. The van der Waals surface area contributed by atoms with Gasteiger partial charge in [-0.15, -0.1) is 0 Å². The summed E-state index contributed by atoms with van der Waals surface area (Å²) in [5, 5.41) is 0. The second-order valence-corrected chi connectivity index (χ2v) is 11.9. The van der Waals surface area contributed by atoms with Crippen LogP contribution in [0.1, 0.15) is 6.42 Å². The van der Waals surface area contributed by atoms with Crippen molar-refractivity contribution in [2.24, 2.45) is 5.92 Å². The Morgan fingerprint density at radius 1 is 0.406 bits per heavy atom. The molecule has 1 fully saturated rings. The van der Waals surface area contributed by atoms with Gasteiger partial charge in [0, 0.05) is 19.5 Å². The van der Waals surface area contributed by atoms with Gasteiger partial charge >= 0.3 is 96.8 Å². The molecule has 5 unspecified atom stereocenters. The van der Waals surface area contributed by atoms with Crippen molar-refractivity contribution in [2.45, 2.75) is 103 Å². The Morgan fingerprint density at radius 3 is 0.984 bits per heavy atom. The van der Waals surface area contributed by atoms with E-state index in [1.165, 1.54) is 0 Å². The van der Waals surface area contributed by atoms with Crippen LogP contribution in [-0.4, -0.2) is 134 Å². The third kappa shape index (κ3) is 10.4. The number of nitrogens with zero attached hydrogens (tertiary/aromatic N) is 1. The highest BCUT2D eigenvalue weighted by Crippen LogP contribution is 2.61. The zero-order valence-electron chi connectivity index (χ0n) is 28.4. The normalized spacial score (nSPS) is 21.1. The second-order valence-electron chi connectivity index (χ2n) is 11.9. The van der Waals surface area contributed by atoms with E-state index in [9.17, 15) is 145 Å². The second kappa shape index (κ2) is 16.6. The highest BCUT2D eigenvalue weighted by Gasteiger charge is 2.88. The minimum atomic E-state index is -8.97. The molecule has 1 rings (SSSR count). The number of ether oxygens (including phenoxy) is 5. The van der Waals surface area contributed by atoms with E-state index >= 15 is 8.78 Å². The highest BCUT2D eigenvalue weighted by molar-refractivity contribution is 5.80. The van der Waals surface area contributed by atoms with Gasteiger partial charge < -0.3 is 9.64 Å². The molecule has 1 aliphatic rings. The molecule has 0 N–H and O–H groups in total. The van der Waals surface area contributed by atoms with Crippen LogP contribution < -0.4 is 0 Å². The number of hydrogen-bond donors (Lipinski definition) is 0. The van der Waals surface area contributed by atoms with Crippen molar-refractivity contribution < 1.29 is 178 Å². The third-order valence-corrected chi connectivity index (χ3v) is 7.37. The molecule has 1 amide bonds. The summed E-state index contributed by atoms with van der Waals surface area (Å²) in [6.07, 6.45) is -90.6. The molecule has 0 radical (unpaired) electrons. The Bertz CT molecular complexity index is 1620. The summed E-state index contributed by atoms with van der Waals surface area (Å²) < 4.78 is 475. The lowest BCUT2D eigenvalue weighted by atomic mass is 9.89. The summed E-state index contributed by atoms with van der Waals surface area (Å²) in [4.78, 5) is 12.0. The van der Waals surface area contributed by atoms with E-state index in [1.807, 2.05) is 0 Å². The van der Waals surface area contributed by atoms with Crippen LogP contribution in [-0.2, 0) is 28.5 Å². The van der Waals surface area contributed by atoms with Crippen molar-refractivity contribution in [3.05, 3.63) is 0 Å². The highest BCUT2D eigenvalue weighted by atomic mass is 19.5. The molecule has 5 atom stereocenters. The zero-order valence-corrected chi connectivity index (χ0v) is 28.4. The Hall–Kier alpha value is -3.11. The minimum absolute atomic E-state index is 0.899. The van der Waals surface area contributed by atoms with Crippen LogP contribution in [0.15, 0.2) is 0 Å². The maximum Gasteiger partial charge on any atom is 0.462 e. The van der Waals surface area contributed by atoms with Crippen LogP contribution in [0.5, 0.6) is 0 Å². The van der Waals surface area contributed by atoms with E-state index in [4.69, 9.17) is 0 Å². The van der Waals surface area contributed by atoms with Crippen molar-refractivity contribution in [1.29, 1.82) is 0 Å². The summed E-state index contributed by atoms with van der Waals surface area (Å²) in [6, 6.07) is 0. The van der Waals surface area contributed by atoms with Crippen LogP contribution in [0.3, 0.4) is 0 Å². The standard InChI is InChI=1S/C23H11F34NO6/c24-8(14(32,33)34,61-22(54,55)12(30,18(44,45)46)63-20(50,51)10(26,27)16(38,39)40)5-6(7(59)58-1-3-60-4-2-58)9(25,15(35,36)37)62-23(56,57)13(31,19(47,48)49)64-21(52,53)11(28,29)17(41,42)43/h6H,1-5H2. The SMILES string of the molecule is O=C(C(CC(F)(OC(F)(F)C(F)(OC(F)(F)C(F)(F)C(F)(F)F)C(F)(F)F)C(F)(F)F)C(F)(OC(F)(F)C(F)(OC(F)(F)C(F)(F)C(F)(F)F)C(F)(F)F)C(F)(F)F)N1CCOCC1. The number of carbonyl (C=O) groups is 1. The van der Waals surface area contributed by atoms with Crippen LogP contribution in [0.4, 0.5) is 149 Å². The number of alkyl halides is 34. The molecule has 1 saturated heterocycles. The Morgan fingerprint density at radius 2 is 0.719 bits per heavy atom. The Kier molecular flexibility index (Phi) is 15.3. The first-order valence-electron chi connectivity index (χ1n) is 14.5. The zero-order chi connectivity index (χ0) is 51.8. The van der Waals surface area contributed by atoms with Gasteiger partial charge in [-0.1, -0.05) is 0 Å². The van der Waals surface area contributed by atoms with Crippen molar-refractivity contribution in [3.8, 4) is 0 Å². The number of hydrogen-bond acceptors (Lipinski definition) is 6. The predicted octanol–water partition coefficient (Wildman–Crippen LogP) is 10.6. The molecule has 0 aromatic carbocycles. The number of carbonyl (C=O) groups excluding carboxylic acids is 1. The summed E-state index contributed by atoms with van der Waals surface area (Å²) in [7, 11) is 0. The van der Waals surface area contributed by atoms with Crippen molar-refractivity contribution >= 4 is 5.91 Å². The first-order chi connectivity index (χ1) is 27.4. The number of amides is 1. The van der Waals surface area contributed by atoms with E-state index in [2.05, 4.69) is 4.74 Å². The lowest BCUT2D eigenvalue weighted by Crippen LogP contribution is -2.70. The van der Waals surface area contributed by atoms with Gasteiger partial charge in [-0.05, 0) is 0 Å². The van der Waals surface area contributed by atoms with Crippen molar-refractivity contribution in [2.75, 3.05) is 26.3 Å². The molecule has 0 spiro atoms. The van der Waals surface area contributed by atoms with E-state index < -0.39 is 146 Å². The third-order valence-electron chi connectivity index (χ3n) is 7.37. The van der Waals surface area contributed by atoms with E-state index in [-0.39, 0.29) is 0 Å². The fourth-order valence-corrected chi connectivity index (χ4v) is 4.08. The fourth-order valence-electron chi connectivity index (χ4n) is 4.08. The first-order valence-corrected chi connectivity index (χ1v) is 14.5. The van der Waals surface area contributed by atoms with Crippen LogP contribution >= 0.6 is 0 Å². The van der Waals surface area contributed by atoms with Gasteiger partial charge in [0.15, 0.2) is 0 Å². The monoisotopic (exact) mass is 1040 g/mol. The molecule has 0 aromatic rings. The summed E-state index contributed by atoms with van der Waals surface area (Å²) in [6.45, 7) is -6.12. The molecule has 382 valence electrons. The molecule has 1 aliphatic heterocycles.